The van der Waals surface area contributed by atoms with Gasteiger partial charge in [0.1, 0.15) is 5.75 Å². The number of hydrogen-bond donors (Lipinski definition) is 1. The predicted octanol–water partition coefficient (Wildman–Crippen LogP) is 3.88. The predicted molar refractivity (Wildman–Crippen MR) is 97.6 cm³/mol. The van der Waals surface area contributed by atoms with E-state index >= 15 is 0 Å². The highest BCUT2D eigenvalue weighted by atomic mass is 19.2. The number of amides is 2. The topological polar surface area (TPSA) is 58.6 Å². The number of nitrogens with one attached hydrogen (secondary N) is 1. The number of carbonyl (C=O) groups is 2. The molecule has 8 heteroatoms. The van der Waals surface area contributed by atoms with Gasteiger partial charge in [0, 0.05) is 18.7 Å². The third-order valence-electron chi connectivity index (χ3n) is 4.31. The lowest BCUT2D eigenvalue weighted by Crippen LogP contribution is -2.28. The Morgan fingerprint density at radius 1 is 1.11 bits per heavy atom. The molecular weight excluding hydrogens is 373 g/mol. The number of hydrogen-bond acceptors (Lipinski definition) is 3. The first-order valence-electron chi connectivity index (χ1n) is 8.77. The fourth-order valence-electron chi connectivity index (χ4n) is 2.97. The van der Waals surface area contributed by atoms with Crippen molar-refractivity contribution in [2.45, 2.75) is 26.4 Å². The van der Waals surface area contributed by atoms with E-state index in [1.807, 2.05) is 13.8 Å². The van der Waals surface area contributed by atoms with Gasteiger partial charge in [-0.15, -0.1) is 0 Å². The quantitative estimate of drug-likeness (QED) is 0.786. The van der Waals surface area contributed by atoms with Crippen molar-refractivity contribution in [1.29, 1.82) is 0 Å². The van der Waals surface area contributed by atoms with E-state index in [2.05, 4.69) is 5.32 Å². The minimum atomic E-state index is -1.66. The van der Waals surface area contributed by atoms with Crippen LogP contribution in [-0.4, -0.2) is 24.5 Å². The average Bonchev–Trinajstić information content (AvgIpc) is 3.04. The van der Waals surface area contributed by atoms with Gasteiger partial charge in [-0.25, -0.2) is 13.2 Å². The minimum Gasteiger partial charge on any atom is -0.491 e. The van der Waals surface area contributed by atoms with Crippen LogP contribution >= 0.6 is 0 Å². The van der Waals surface area contributed by atoms with Crippen molar-refractivity contribution in [3.8, 4) is 5.75 Å². The van der Waals surface area contributed by atoms with Gasteiger partial charge >= 0.3 is 0 Å². The summed E-state index contributed by atoms with van der Waals surface area (Å²) in [6.07, 6.45) is -0.0505. The van der Waals surface area contributed by atoms with Crippen molar-refractivity contribution < 1.29 is 27.5 Å². The lowest BCUT2D eigenvalue weighted by molar-refractivity contribution is -0.122. The van der Waals surface area contributed by atoms with Crippen LogP contribution in [0.4, 0.5) is 24.5 Å². The fraction of sp³-hybridized carbons (Fsp3) is 0.300. The molecule has 1 fully saturated rings. The molecule has 1 atom stereocenters. The summed E-state index contributed by atoms with van der Waals surface area (Å²) in [5.74, 6) is -5.47. The third kappa shape index (κ3) is 4.11. The molecular formula is C20H19F3N2O3. The molecule has 1 saturated heterocycles. The van der Waals surface area contributed by atoms with E-state index in [1.165, 1.54) is 4.90 Å². The van der Waals surface area contributed by atoms with Gasteiger partial charge in [0.25, 0.3) is 0 Å². The van der Waals surface area contributed by atoms with Crippen LogP contribution in [0.25, 0.3) is 0 Å². The van der Waals surface area contributed by atoms with Crippen LogP contribution in [-0.2, 0) is 9.59 Å². The Balaban J connectivity index is 1.68. The maximum atomic E-state index is 13.7. The van der Waals surface area contributed by atoms with Crippen molar-refractivity contribution >= 4 is 23.2 Å². The standard InChI is InChI=1S/C20H19F3N2O3/c1-11(2)28-14-5-3-13(4-6-14)25-10-12(9-17(25)26)20(27)24-16-8-7-15(21)18(22)19(16)23/h3-8,11-12H,9-10H2,1-2H3,(H,24,27). The molecule has 3 rings (SSSR count). The van der Waals surface area contributed by atoms with E-state index in [0.29, 0.717) is 11.4 Å². The molecule has 2 amide bonds. The maximum Gasteiger partial charge on any atom is 0.229 e. The normalized spacial score (nSPS) is 16.6. The SMILES string of the molecule is CC(C)Oc1ccc(N2CC(C(=O)Nc3ccc(F)c(F)c3F)CC2=O)cc1. The van der Waals surface area contributed by atoms with E-state index in [4.69, 9.17) is 4.74 Å². The van der Waals surface area contributed by atoms with E-state index in [0.717, 1.165) is 12.1 Å². The highest BCUT2D eigenvalue weighted by Crippen LogP contribution is 2.28. The Morgan fingerprint density at radius 3 is 2.43 bits per heavy atom. The Hall–Kier alpha value is -3.03. The highest BCUT2D eigenvalue weighted by molar-refractivity contribution is 6.03. The lowest BCUT2D eigenvalue weighted by Gasteiger charge is -2.18. The fourth-order valence-corrected chi connectivity index (χ4v) is 2.97. The molecule has 148 valence electrons. The molecule has 1 aliphatic rings. The number of ether oxygens (including phenoxy) is 1. The summed E-state index contributed by atoms with van der Waals surface area (Å²) in [6.45, 7) is 3.90. The van der Waals surface area contributed by atoms with Crippen molar-refractivity contribution in [3.05, 3.63) is 53.8 Å². The van der Waals surface area contributed by atoms with Crippen molar-refractivity contribution in [1.82, 2.24) is 0 Å². The van der Waals surface area contributed by atoms with Gasteiger partial charge in [0.15, 0.2) is 17.5 Å². The van der Waals surface area contributed by atoms with E-state index in [1.54, 1.807) is 24.3 Å². The molecule has 1 aliphatic heterocycles. The molecule has 0 aliphatic carbocycles. The maximum absolute atomic E-state index is 13.7. The van der Waals surface area contributed by atoms with Gasteiger partial charge in [-0.2, -0.15) is 0 Å². The van der Waals surface area contributed by atoms with E-state index in [-0.39, 0.29) is 25.0 Å². The third-order valence-corrected chi connectivity index (χ3v) is 4.31. The summed E-state index contributed by atoms with van der Waals surface area (Å²) >= 11 is 0. The van der Waals surface area contributed by atoms with Crippen LogP contribution in [0.5, 0.6) is 5.75 Å². The van der Waals surface area contributed by atoms with Crippen molar-refractivity contribution in [2.75, 3.05) is 16.8 Å². The van der Waals surface area contributed by atoms with Crippen molar-refractivity contribution in [3.63, 3.8) is 0 Å². The number of nitrogens with zero attached hydrogens (tertiary/aromatic N) is 1. The molecule has 1 unspecified atom stereocenters. The number of halogens is 3. The number of rotatable bonds is 5. The van der Waals surface area contributed by atoms with Crippen LogP contribution in [0.1, 0.15) is 20.3 Å². The zero-order valence-corrected chi connectivity index (χ0v) is 15.3. The number of anilines is 2. The summed E-state index contributed by atoms with van der Waals surface area (Å²) in [7, 11) is 0. The summed E-state index contributed by atoms with van der Waals surface area (Å²) in [4.78, 5) is 26.1. The first kappa shape index (κ1) is 19.7. The summed E-state index contributed by atoms with van der Waals surface area (Å²) in [6, 6.07) is 8.55. The molecule has 0 radical (unpaired) electrons. The van der Waals surface area contributed by atoms with Crippen LogP contribution in [0.2, 0.25) is 0 Å². The smallest absolute Gasteiger partial charge is 0.229 e. The zero-order chi connectivity index (χ0) is 20.4. The zero-order valence-electron chi connectivity index (χ0n) is 15.3. The van der Waals surface area contributed by atoms with Gasteiger partial charge in [0.2, 0.25) is 11.8 Å². The van der Waals surface area contributed by atoms with Gasteiger partial charge in [-0.1, -0.05) is 0 Å². The summed E-state index contributed by atoms with van der Waals surface area (Å²) < 4.78 is 45.6. The summed E-state index contributed by atoms with van der Waals surface area (Å²) in [5, 5.41) is 2.22. The lowest BCUT2D eigenvalue weighted by atomic mass is 10.1. The van der Waals surface area contributed by atoms with Gasteiger partial charge in [-0.3, -0.25) is 9.59 Å². The molecule has 1 heterocycles. The Labute approximate surface area is 160 Å². The second-order valence-corrected chi connectivity index (χ2v) is 6.78. The van der Waals surface area contributed by atoms with Crippen molar-refractivity contribution in [2.24, 2.45) is 5.92 Å². The van der Waals surface area contributed by atoms with Crippen LogP contribution in [0.15, 0.2) is 36.4 Å². The molecule has 2 aromatic carbocycles. The summed E-state index contributed by atoms with van der Waals surface area (Å²) in [5.41, 5.74) is 0.139. The molecule has 0 bridgehead atoms. The number of benzene rings is 2. The van der Waals surface area contributed by atoms with E-state index < -0.39 is 35.0 Å². The second kappa shape index (κ2) is 7.92. The Morgan fingerprint density at radius 2 is 1.79 bits per heavy atom. The number of carbonyl (C=O) groups excluding carboxylic acids is 2. The van der Waals surface area contributed by atoms with Crippen LogP contribution < -0.4 is 15.0 Å². The van der Waals surface area contributed by atoms with Crippen LogP contribution in [0.3, 0.4) is 0 Å². The Bertz CT molecular complexity index is 900. The monoisotopic (exact) mass is 392 g/mol. The average molecular weight is 392 g/mol. The molecule has 1 N–H and O–H groups in total. The van der Waals surface area contributed by atoms with Gasteiger partial charge in [0.05, 0.1) is 17.7 Å². The van der Waals surface area contributed by atoms with Gasteiger partial charge < -0.3 is 15.0 Å². The second-order valence-electron chi connectivity index (χ2n) is 6.78. The van der Waals surface area contributed by atoms with Gasteiger partial charge in [-0.05, 0) is 50.2 Å². The van der Waals surface area contributed by atoms with Crippen LogP contribution in [0, 0.1) is 23.4 Å². The molecule has 0 saturated carbocycles. The highest BCUT2D eigenvalue weighted by Gasteiger charge is 2.35. The first-order chi connectivity index (χ1) is 13.3. The minimum absolute atomic E-state index is 0.0176. The van der Waals surface area contributed by atoms with E-state index in [9.17, 15) is 22.8 Å². The molecule has 0 spiro atoms. The Kier molecular flexibility index (Phi) is 5.58. The first-order valence-corrected chi connectivity index (χ1v) is 8.77. The molecule has 5 nitrogen and oxygen atoms in total. The largest absolute Gasteiger partial charge is 0.491 e. The molecule has 2 aromatic rings. The molecule has 28 heavy (non-hydrogen) atoms. The molecule has 0 aromatic heterocycles.